The standard InChI is InChI=1S/C14H16N4O4/c19-9-4-7-18(8-5-9)14(10-3-1-2-6-15-10)11(20)16-13(22)17-12(14)21/h1-3,6,9,19H,4-5,7-8H2,(H2,16,17,20,21,22). The summed E-state index contributed by atoms with van der Waals surface area (Å²) in [5.74, 6) is -1.42. The molecule has 2 saturated heterocycles. The highest BCUT2D eigenvalue weighted by Gasteiger charge is 2.57. The number of amides is 4. The number of nitrogens with one attached hydrogen (secondary N) is 2. The summed E-state index contributed by atoms with van der Waals surface area (Å²) in [5, 5.41) is 14.0. The van der Waals surface area contributed by atoms with E-state index in [4.69, 9.17) is 0 Å². The zero-order chi connectivity index (χ0) is 15.7. The second kappa shape index (κ2) is 5.47. The van der Waals surface area contributed by atoms with E-state index in [1.54, 1.807) is 23.1 Å². The first-order chi connectivity index (χ1) is 10.5. The number of likely N-dealkylation sites (tertiary alicyclic amines) is 1. The number of rotatable bonds is 2. The summed E-state index contributed by atoms with van der Waals surface area (Å²) >= 11 is 0. The monoisotopic (exact) mass is 304 g/mol. The Labute approximate surface area is 126 Å². The van der Waals surface area contributed by atoms with Gasteiger partial charge in [0.2, 0.25) is 5.54 Å². The Kier molecular flexibility index (Phi) is 3.63. The first-order valence-corrected chi connectivity index (χ1v) is 7.06. The number of imide groups is 2. The van der Waals surface area contributed by atoms with Crippen molar-refractivity contribution >= 4 is 17.8 Å². The fourth-order valence-electron chi connectivity index (χ4n) is 2.98. The Balaban J connectivity index is 2.08. The number of carbonyl (C=O) groups excluding carboxylic acids is 3. The Morgan fingerprint density at radius 3 is 2.32 bits per heavy atom. The van der Waals surface area contributed by atoms with E-state index in [0.717, 1.165) is 0 Å². The van der Waals surface area contributed by atoms with Crippen molar-refractivity contribution in [1.29, 1.82) is 0 Å². The molecule has 0 unspecified atom stereocenters. The molecule has 2 aliphatic heterocycles. The number of carbonyl (C=O) groups is 3. The molecule has 8 nitrogen and oxygen atoms in total. The van der Waals surface area contributed by atoms with E-state index in [1.165, 1.54) is 6.20 Å². The van der Waals surface area contributed by atoms with Crippen molar-refractivity contribution in [2.45, 2.75) is 24.5 Å². The third-order valence-electron chi connectivity index (χ3n) is 4.09. The summed E-state index contributed by atoms with van der Waals surface area (Å²) in [5.41, 5.74) is -1.43. The maximum absolute atomic E-state index is 12.6. The van der Waals surface area contributed by atoms with E-state index in [-0.39, 0.29) is 5.69 Å². The summed E-state index contributed by atoms with van der Waals surface area (Å²) in [6.07, 6.45) is 1.94. The lowest BCUT2D eigenvalue weighted by atomic mass is 9.86. The van der Waals surface area contributed by atoms with Gasteiger partial charge in [-0.3, -0.25) is 30.1 Å². The predicted octanol–water partition coefficient (Wildman–Crippen LogP) is -0.900. The maximum Gasteiger partial charge on any atom is 0.328 e. The molecule has 0 radical (unpaired) electrons. The van der Waals surface area contributed by atoms with Crippen LogP contribution in [-0.2, 0) is 15.1 Å². The highest BCUT2D eigenvalue weighted by atomic mass is 16.3. The molecule has 0 aliphatic carbocycles. The van der Waals surface area contributed by atoms with Crippen LogP contribution in [0.4, 0.5) is 4.79 Å². The fraction of sp³-hybridized carbons (Fsp3) is 0.429. The number of pyridine rings is 1. The van der Waals surface area contributed by atoms with Crippen molar-refractivity contribution in [3.8, 4) is 0 Å². The van der Waals surface area contributed by atoms with Crippen LogP contribution in [-0.4, -0.2) is 52.0 Å². The number of aliphatic hydroxyl groups excluding tert-OH is 1. The Bertz CT molecular complexity index is 591. The fourth-order valence-corrected chi connectivity index (χ4v) is 2.98. The first-order valence-electron chi connectivity index (χ1n) is 7.06. The van der Waals surface area contributed by atoms with E-state index in [2.05, 4.69) is 15.6 Å². The van der Waals surface area contributed by atoms with Crippen LogP contribution in [0.2, 0.25) is 0 Å². The van der Waals surface area contributed by atoms with Crippen LogP contribution >= 0.6 is 0 Å². The van der Waals surface area contributed by atoms with E-state index in [9.17, 15) is 19.5 Å². The van der Waals surface area contributed by atoms with Gasteiger partial charge < -0.3 is 5.11 Å². The van der Waals surface area contributed by atoms with E-state index in [1.807, 2.05) is 0 Å². The van der Waals surface area contributed by atoms with Gasteiger partial charge in [0.15, 0.2) is 0 Å². The minimum absolute atomic E-state index is 0.258. The van der Waals surface area contributed by atoms with Crippen LogP contribution in [0.25, 0.3) is 0 Å². The molecule has 2 aliphatic rings. The summed E-state index contributed by atoms with van der Waals surface area (Å²) < 4.78 is 0. The van der Waals surface area contributed by atoms with Crippen molar-refractivity contribution < 1.29 is 19.5 Å². The maximum atomic E-state index is 12.6. The lowest BCUT2D eigenvalue weighted by molar-refractivity contribution is -0.151. The topological polar surface area (TPSA) is 112 Å². The Morgan fingerprint density at radius 1 is 1.14 bits per heavy atom. The highest BCUT2D eigenvalue weighted by molar-refractivity contribution is 6.22. The molecular formula is C14H16N4O4. The van der Waals surface area contributed by atoms with Gasteiger partial charge >= 0.3 is 6.03 Å². The summed E-state index contributed by atoms with van der Waals surface area (Å²) in [4.78, 5) is 42.4. The molecular weight excluding hydrogens is 288 g/mol. The number of barbiturate groups is 1. The molecule has 8 heteroatoms. The van der Waals surface area contributed by atoms with Crippen LogP contribution in [0.3, 0.4) is 0 Å². The van der Waals surface area contributed by atoms with Crippen LogP contribution in [0.5, 0.6) is 0 Å². The van der Waals surface area contributed by atoms with Crippen molar-refractivity contribution in [3.63, 3.8) is 0 Å². The number of piperidine rings is 1. The van der Waals surface area contributed by atoms with Crippen LogP contribution in [0.1, 0.15) is 18.5 Å². The molecule has 22 heavy (non-hydrogen) atoms. The van der Waals surface area contributed by atoms with Gasteiger partial charge in [0.05, 0.1) is 11.8 Å². The minimum atomic E-state index is -1.69. The second-order valence-corrected chi connectivity index (χ2v) is 5.38. The molecule has 4 amide bonds. The predicted molar refractivity (Wildman–Crippen MR) is 74.4 cm³/mol. The Morgan fingerprint density at radius 2 is 1.77 bits per heavy atom. The van der Waals surface area contributed by atoms with E-state index >= 15 is 0 Å². The number of hydrogen-bond acceptors (Lipinski definition) is 6. The van der Waals surface area contributed by atoms with Crippen LogP contribution in [0.15, 0.2) is 24.4 Å². The van der Waals surface area contributed by atoms with Gasteiger partial charge in [-0.1, -0.05) is 6.07 Å². The summed E-state index contributed by atoms with van der Waals surface area (Å²) in [7, 11) is 0. The van der Waals surface area contributed by atoms with Gasteiger partial charge in [-0.05, 0) is 25.0 Å². The normalized spacial score (nSPS) is 23.0. The molecule has 3 heterocycles. The van der Waals surface area contributed by atoms with Gasteiger partial charge in [0, 0.05) is 19.3 Å². The lowest BCUT2D eigenvalue weighted by Crippen LogP contribution is -2.72. The summed E-state index contributed by atoms with van der Waals surface area (Å²) in [6, 6.07) is 4.11. The summed E-state index contributed by atoms with van der Waals surface area (Å²) in [6.45, 7) is 0.708. The number of urea groups is 1. The average molecular weight is 304 g/mol. The SMILES string of the molecule is O=C1NC(=O)C(c2ccccn2)(N2CCC(O)CC2)C(=O)N1. The molecule has 3 N–H and O–H groups in total. The van der Waals surface area contributed by atoms with Crippen LogP contribution in [0, 0.1) is 0 Å². The van der Waals surface area contributed by atoms with Crippen molar-refractivity contribution in [2.24, 2.45) is 0 Å². The molecule has 1 aromatic heterocycles. The van der Waals surface area contributed by atoms with Gasteiger partial charge in [-0.15, -0.1) is 0 Å². The Hall–Kier alpha value is -2.32. The molecule has 0 saturated carbocycles. The number of aliphatic hydroxyl groups is 1. The molecule has 1 aromatic rings. The second-order valence-electron chi connectivity index (χ2n) is 5.38. The van der Waals surface area contributed by atoms with Crippen LogP contribution < -0.4 is 10.6 Å². The number of aromatic nitrogens is 1. The van der Waals surface area contributed by atoms with Gasteiger partial charge in [0.25, 0.3) is 11.8 Å². The quantitative estimate of drug-likeness (QED) is 0.611. The zero-order valence-electron chi connectivity index (χ0n) is 11.8. The molecule has 0 aromatic carbocycles. The van der Waals surface area contributed by atoms with Crippen molar-refractivity contribution in [2.75, 3.05) is 13.1 Å². The van der Waals surface area contributed by atoms with Gasteiger partial charge in [-0.2, -0.15) is 0 Å². The number of hydrogen-bond donors (Lipinski definition) is 3. The van der Waals surface area contributed by atoms with Crippen molar-refractivity contribution in [3.05, 3.63) is 30.1 Å². The largest absolute Gasteiger partial charge is 0.393 e. The smallest absolute Gasteiger partial charge is 0.328 e. The molecule has 0 spiro atoms. The number of nitrogens with zero attached hydrogens (tertiary/aromatic N) is 2. The first kappa shape index (κ1) is 14.6. The molecule has 3 rings (SSSR count). The molecule has 0 bridgehead atoms. The van der Waals surface area contributed by atoms with E-state index < -0.39 is 29.5 Å². The lowest BCUT2D eigenvalue weighted by Gasteiger charge is -2.44. The van der Waals surface area contributed by atoms with Gasteiger partial charge in [0.1, 0.15) is 0 Å². The highest BCUT2D eigenvalue weighted by Crippen LogP contribution is 2.32. The molecule has 2 fully saturated rings. The minimum Gasteiger partial charge on any atom is -0.393 e. The van der Waals surface area contributed by atoms with Gasteiger partial charge in [-0.25, -0.2) is 4.79 Å². The molecule has 116 valence electrons. The molecule has 0 atom stereocenters. The van der Waals surface area contributed by atoms with E-state index in [0.29, 0.717) is 25.9 Å². The third-order valence-corrected chi connectivity index (χ3v) is 4.09. The average Bonchev–Trinajstić information content (AvgIpc) is 2.49. The zero-order valence-corrected chi connectivity index (χ0v) is 11.8. The van der Waals surface area contributed by atoms with Crippen molar-refractivity contribution in [1.82, 2.24) is 20.5 Å². The third kappa shape index (κ3) is 2.16.